The van der Waals surface area contributed by atoms with Crippen LogP contribution < -0.4 is 0 Å². The molecule has 0 bridgehead atoms. The first kappa shape index (κ1) is 32.2. The maximum Gasteiger partial charge on any atom is 0.164 e. The van der Waals surface area contributed by atoms with Crippen molar-refractivity contribution in [2.24, 2.45) is 0 Å². The number of fused-ring (bicyclic) bond motifs is 3. The average Bonchev–Trinajstić information content (AvgIpc) is 3.61. The molecule has 0 amide bonds. The van der Waals surface area contributed by atoms with Crippen molar-refractivity contribution in [3.8, 4) is 73.2 Å². The van der Waals surface area contributed by atoms with Gasteiger partial charge in [0.1, 0.15) is 0 Å². The third-order valence-electron chi connectivity index (χ3n) is 10.3. The SMILES string of the molecule is c1ccc(-c2cccc(-c3ccc4c5ccccc5n(-c5ccc(-c6nc(-c7ccccc7)nc(-c7cccc(-c8ccccc8)c7)n6)cc5)c4c3)c2)cc1. The van der Waals surface area contributed by atoms with Crippen molar-refractivity contribution in [3.05, 3.63) is 206 Å². The summed E-state index contributed by atoms with van der Waals surface area (Å²) in [5.74, 6) is 1.90. The van der Waals surface area contributed by atoms with Gasteiger partial charge in [0.05, 0.1) is 11.0 Å². The molecule has 0 N–H and O–H groups in total. The van der Waals surface area contributed by atoms with Crippen LogP contribution in [0.25, 0.3) is 95.0 Å². The number of rotatable bonds is 7. The fourth-order valence-electron chi connectivity index (χ4n) is 7.52. The Kier molecular flexibility index (Phi) is 8.12. The summed E-state index contributed by atoms with van der Waals surface area (Å²) in [6.45, 7) is 0. The summed E-state index contributed by atoms with van der Waals surface area (Å²) >= 11 is 0. The van der Waals surface area contributed by atoms with E-state index in [1.165, 1.54) is 33.0 Å². The van der Waals surface area contributed by atoms with E-state index in [4.69, 9.17) is 15.0 Å². The number of hydrogen-bond acceptors (Lipinski definition) is 3. The van der Waals surface area contributed by atoms with Crippen molar-refractivity contribution in [1.29, 1.82) is 0 Å². The summed E-state index contributed by atoms with van der Waals surface area (Å²) in [5.41, 5.74) is 13.2. The summed E-state index contributed by atoms with van der Waals surface area (Å²) in [5, 5.41) is 2.44. The highest BCUT2D eigenvalue weighted by molar-refractivity contribution is 6.10. The monoisotopic (exact) mass is 702 g/mol. The van der Waals surface area contributed by atoms with Crippen LogP contribution in [0.15, 0.2) is 206 Å². The van der Waals surface area contributed by atoms with E-state index in [1.54, 1.807) is 0 Å². The molecule has 0 aliphatic rings. The molecule has 4 heteroatoms. The molecular formula is C51H34N4. The second-order valence-electron chi connectivity index (χ2n) is 13.7. The van der Waals surface area contributed by atoms with Crippen molar-refractivity contribution < 1.29 is 0 Å². The molecule has 0 spiro atoms. The summed E-state index contributed by atoms with van der Waals surface area (Å²) in [6, 6.07) is 72.3. The third kappa shape index (κ3) is 6.16. The van der Waals surface area contributed by atoms with E-state index < -0.39 is 0 Å². The first-order valence-electron chi connectivity index (χ1n) is 18.5. The Morgan fingerprint density at radius 1 is 0.255 bits per heavy atom. The Hall–Kier alpha value is -7.43. The van der Waals surface area contributed by atoms with Gasteiger partial charge in [-0.15, -0.1) is 0 Å². The smallest absolute Gasteiger partial charge is 0.164 e. The molecule has 2 heterocycles. The van der Waals surface area contributed by atoms with Gasteiger partial charge in [-0.1, -0.05) is 158 Å². The van der Waals surface area contributed by atoms with Crippen molar-refractivity contribution in [2.45, 2.75) is 0 Å². The predicted molar refractivity (Wildman–Crippen MR) is 227 cm³/mol. The van der Waals surface area contributed by atoms with Crippen LogP contribution in [0, 0.1) is 0 Å². The van der Waals surface area contributed by atoms with Gasteiger partial charge in [0.25, 0.3) is 0 Å². The zero-order valence-corrected chi connectivity index (χ0v) is 29.9. The zero-order valence-electron chi connectivity index (χ0n) is 29.9. The van der Waals surface area contributed by atoms with Gasteiger partial charge in [0, 0.05) is 33.2 Å². The van der Waals surface area contributed by atoms with E-state index in [0.29, 0.717) is 17.5 Å². The Morgan fingerprint density at radius 2 is 0.655 bits per heavy atom. The highest BCUT2D eigenvalue weighted by Crippen LogP contribution is 2.36. The maximum absolute atomic E-state index is 5.07. The van der Waals surface area contributed by atoms with Crippen LogP contribution in [0.2, 0.25) is 0 Å². The van der Waals surface area contributed by atoms with Crippen LogP contribution >= 0.6 is 0 Å². The van der Waals surface area contributed by atoms with Gasteiger partial charge in [0.15, 0.2) is 17.5 Å². The summed E-state index contributed by atoms with van der Waals surface area (Å²) in [7, 11) is 0. The van der Waals surface area contributed by atoms with Gasteiger partial charge in [-0.25, -0.2) is 15.0 Å². The standard InChI is InChI=1S/C51H34N4/c1-4-14-35(15-5-1)39-20-12-22-41(32-39)42-28-31-46-45-24-10-11-25-47(45)55(48(46)34-42)44-29-26-38(27-30-44)50-52-49(37-18-8-3-9-19-37)53-51(54-50)43-23-13-21-40(33-43)36-16-6-2-7-17-36/h1-34H. The molecular weight excluding hydrogens is 669 g/mol. The van der Waals surface area contributed by atoms with Gasteiger partial charge in [-0.2, -0.15) is 0 Å². The van der Waals surface area contributed by atoms with E-state index in [0.717, 1.165) is 44.5 Å². The van der Waals surface area contributed by atoms with Crippen LogP contribution in [-0.4, -0.2) is 19.5 Å². The lowest BCUT2D eigenvalue weighted by atomic mass is 9.98. The number of nitrogens with zero attached hydrogens (tertiary/aromatic N) is 4. The molecule has 4 nitrogen and oxygen atoms in total. The fraction of sp³-hybridized carbons (Fsp3) is 0. The molecule has 0 saturated carbocycles. The second kappa shape index (κ2) is 13.8. The van der Waals surface area contributed by atoms with Gasteiger partial charge in [-0.3, -0.25) is 0 Å². The Morgan fingerprint density at radius 3 is 1.27 bits per heavy atom. The Bertz CT molecular complexity index is 2950. The third-order valence-corrected chi connectivity index (χ3v) is 10.3. The molecule has 2 aromatic heterocycles. The van der Waals surface area contributed by atoms with E-state index in [2.05, 4.69) is 174 Å². The first-order chi connectivity index (χ1) is 27.2. The maximum atomic E-state index is 5.07. The van der Waals surface area contributed by atoms with Crippen LogP contribution in [0.4, 0.5) is 0 Å². The summed E-state index contributed by atoms with van der Waals surface area (Å²) in [6.07, 6.45) is 0. The second-order valence-corrected chi connectivity index (χ2v) is 13.7. The predicted octanol–water partition coefficient (Wildman–Crippen LogP) is 13.0. The average molecular weight is 703 g/mol. The largest absolute Gasteiger partial charge is 0.309 e. The lowest BCUT2D eigenvalue weighted by molar-refractivity contribution is 1.07. The minimum absolute atomic E-state index is 0.628. The normalized spacial score (nSPS) is 11.3. The highest BCUT2D eigenvalue weighted by atomic mass is 15.0. The van der Waals surface area contributed by atoms with Gasteiger partial charge >= 0.3 is 0 Å². The molecule has 0 atom stereocenters. The van der Waals surface area contributed by atoms with E-state index >= 15 is 0 Å². The van der Waals surface area contributed by atoms with Crippen LogP contribution in [0.5, 0.6) is 0 Å². The molecule has 0 aliphatic carbocycles. The van der Waals surface area contributed by atoms with E-state index in [1.807, 2.05) is 36.4 Å². The fourth-order valence-corrected chi connectivity index (χ4v) is 7.52. The topological polar surface area (TPSA) is 43.6 Å². The first-order valence-corrected chi connectivity index (χ1v) is 18.5. The van der Waals surface area contributed by atoms with Gasteiger partial charge < -0.3 is 4.57 Å². The quantitative estimate of drug-likeness (QED) is 0.166. The minimum atomic E-state index is 0.628. The Balaban J connectivity index is 1.07. The lowest BCUT2D eigenvalue weighted by Gasteiger charge is -2.12. The molecule has 0 fully saturated rings. The number of aromatic nitrogens is 4. The summed E-state index contributed by atoms with van der Waals surface area (Å²) < 4.78 is 2.36. The van der Waals surface area contributed by atoms with Crippen molar-refractivity contribution in [1.82, 2.24) is 19.5 Å². The Labute approximate surface area is 319 Å². The van der Waals surface area contributed by atoms with Crippen LogP contribution in [0.1, 0.15) is 0 Å². The molecule has 8 aromatic carbocycles. The molecule has 10 aromatic rings. The van der Waals surface area contributed by atoms with Crippen molar-refractivity contribution >= 4 is 21.8 Å². The minimum Gasteiger partial charge on any atom is -0.309 e. The highest BCUT2D eigenvalue weighted by Gasteiger charge is 2.16. The van der Waals surface area contributed by atoms with Gasteiger partial charge in [-0.05, 0) is 81.9 Å². The molecule has 55 heavy (non-hydrogen) atoms. The van der Waals surface area contributed by atoms with E-state index in [9.17, 15) is 0 Å². The molecule has 0 saturated heterocycles. The molecule has 10 rings (SSSR count). The number of hydrogen-bond donors (Lipinski definition) is 0. The van der Waals surface area contributed by atoms with E-state index in [-0.39, 0.29) is 0 Å². The van der Waals surface area contributed by atoms with Crippen molar-refractivity contribution in [2.75, 3.05) is 0 Å². The lowest BCUT2D eigenvalue weighted by Crippen LogP contribution is -2.00. The molecule has 0 unspecified atom stereocenters. The van der Waals surface area contributed by atoms with Crippen molar-refractivity contribution in [3.63, 3.8) is 0 Å². The van der Waals surface area contributed by atoms with Gasteiger partial charge in [0.2, 0.25) is 0 Å². The molecule has 0 aliphatic heterocycles. The van der Waals surface area contributed by atoms with Crippen LogP contribution in [-0.2, 0) is 0 Å². The molecule has 0 radical (unpaired) electrons. The zero-order chi connectivity index (χ0) is 36.6. The number of para-hydroxylation sites is 1. The number of benzene rings is 8. The summed E-state index contributed by atoms with van der Waals surface area (Å²) in [4.78, 5) is 15.1. The van der Waals surface area contributed by atoms with Crippen LogP contribution in [0.3, 0.4) is 0 Å². The molecule has 258 valence electrons.